The van der Waals surface area contributed by atoms with Crippen molar-refractivity contribution in [3.63, 3.8) is 0 Å². The Morgan fingerprint density at radius 2 is 2.00 bits per heavy atom. The fraction of sp³-hybridized carbons (Fsp3) is 0.538. The molecule has 0 heterocycles. The first-order valence-electron chi connectivity index (χ1n) is 6.26. The summed E-state index contributed by atoms with van der Waals surface area (Å²) in [6, 6.07) is 1.72. The zero-order valence-electron chi connectivity index (χ0n) is 11.2. The molecule has 0 aliphatic heterocycles. The van der Waals surface area contributed by atoms with Crippen molar-refractivity contribution in [2.45, 2.75) is 13.0 Å². The molecule has 0 aromatic heterocycles. The lowest BCUT2D eigenvalue weighted by molar-refractivity contribution is 0.0103. The molecule has 0 bridgehead atoms. The van der Waals surface area contributed by atoms with E-state index in [0.29, 0.717) is 19.8 Å². The lowest BCUT2D eigenvalue weighted by Crippen LogP contribution is -2.26. The Kier molecular flexibility index (Phi) is 7.76. The number of hydrogen-bond donors (Lipinski definition) is 2. The average Bonchev–Trinajstić information content (AvgIpc) is 2.37. The predicted molar refractivity (Wildman–Crippen MR) is 73.2 cm³/mol. The Hall–Kier alpha value is -0.950. The average molecular weight is 310 g/mol. The highest BCUT2D eigenvalue weighted by molar-refractivity contribution is 6.33. The fourth-order valence-corrected chi connectivity index (χ4v) is 1.73. The second-order valence-corrected chi connectivity index (χ2v) is 4.46. The molecule has 0 fully saturated rings. The van der Waals surface area contributed by atoms with Gasteiger partial charge in [-0.15, -0.1) is 0 Å². The molecule has 0 radical (unpaired) electrons. The van der Waals surface area contributed by atoms with Gasteiger partial charge in [-0.25, -0.2) is 8.78 Å². The van der Waals surface area contributed by atoms with E-state index >= 15 is 0 Å². The molecule has 7 heteroatoms. The Morgan fingerprint density at radius 3 is 2.65 bits per heavy atom. The molecule has 1 aromatic carbocycles. The first kappa shape index (κ1) is 17.1. The normalized spacial score (nSPS) is 12.4. The Labute approximate surface area is 121 Å². The summed E-state index contributed by atoms with van der Waals surface area (Å²) in [6.07, 6.45) is -0.836. The maximum absolute atomic E-state index is 13.4. The first-order chi connectivity index (χ1) is 9.54. The second-order valence-electron chi connectivity index (χ2n) is 4.05. The summed E-state index contributed by atoms with van der Waals surface area (Å²) < 4.78 is 36.5. The number of ether oxygens (including phenoxy) is 2. The third-order valence-electron chi connectivity index (χ3n) is 2.41. The summed E-state index contributed by atoms with van der Waals surface area (Å²) in [6.45, 7) is 3.43. The first-order valence-corrected chi connectivity index (χ1v) is 6.64. The van der Waals surface area contributed by atoms with E-state index in [1.54, 1.807) is 0 Å². The van der Waals surface area contributed by atoms with Gasteiger partial charge < -0.3 is 19.9 Å². The maximum Gasteiger partial charge on any atom is 0.150 e. The fourth-order valence-electron chi connectivity index (χ4n) is 1.47. The summed E-state index contributed by atoms with van der Waals surface area (Å²) in [5.74, 6) is -1.56. The van der Waals surface area contributed by atoms with Gasteiger partial charge in [0.05, 0.1) is 36.6 Å². The second kappa shape index (κ2) is 9.07. The summed E-state index contributed by atoms with van der Waals surface area (Å²) in [5, 5.41) is 12.2. The highest BCUT2D eigenvalue weighted by Crippen LogP contribution is 2.26. The van der Waals surface area contributed by atoms with E-state index < -0.39 is 17.7 Å². The molecule has 0 amide bonds. The molecule has 20 heavy (non-hydrogen) atoms. The van der Waals surface area contributed by atoms with E-state index in [2.05, 4.69) is 5.32 Å². The van der Waals surface area contributed by atoms with Gasteiger partial charge in [-0.05, 0) is 13.0 Å². The minimum absolute atomic E-state index is 0.0386. The standard InChI is InChI=1S/C13H18ClF2NO3/c1-2-19-3-4-20-8-10(18)7-17-13-11(14)5-9(15)6-12(13)16/h5-6,10,17-18H,2-4,7-8H2,1H3. The largest absolute Gasteiger partial charge is 0.389 e. The molecule has 1 aromatic rings. The molecule has 4 nitrogen and oxygen atoms in total. The number of nitrogens with one attached hydrogen (secondary N) is 1. The third-order valence-corrected chi connectivity index (χ3v) is 2.71. The van der Waals surface area contributed by atoms with E-state index in [1.807, 2.05) is 6.92 Å². The van der Waals surface area contributed by atoms with Crippen LogP contribution in [-0.2, 0) is 9.47 Å². The molecule has 1 unspecified atom stereocenters. The molecule has 1 rings (SSSR count). The number of rotatable bonds is 9. The van der Waals surface area contributed by atoms with Crippen LogP contribution in [0.4, 0.5) is 14.5 Å². The Balaban J connectivity index is 2.32. The monoisotopic (exact) mass is 309 g/mol. The Morgan fingerprint density at radius 1 is 1.30 bits per heavy atom. The molecule has 2 N–H and O–H groups in total. The van der Waals surface area contributed by atoms with Crippen molar-refractivity contribution in [3.05, 3.63) is 28.8 Å². The van der Waals surface area contributed by atoms with Crippen LogP contribution in [0, 0.1) is 11.6 Å². The SMILES string of the molecule is CCOCCOCC(O)CNc1c(F)cc(F)cc1Cl. The highest BCUT2D eigenvalue weighted by Gasteiger charge is 2.11. The van der Waals surface area contributed by atoms with Gasteiger partial charge in [-0.2, -0.15) is 0 Å². The van der Waals surface area contributed by atoms with E-state index in [4.69, 9.17) is 21.1 Å². The minimum Gasteiger partial charge on any atom is -0.389 e. The quantitative estimate of drug-likeness (QED) is 0.688. The summed E-state index contributed by atoms with van der Waals surface area (Å²) >= 11 is 5.71. The third kappa shape index (κ3) is 6.00. The van der Waals surface area contributed by atoms with Crippen LogP contribution in [0.1, 0.15) is 6.92 Å². The van der Waals surface area contributed by atoms with E-state index in [0.717, 1.165) is 12.1 Å². The van der Waals surface area contributed by atoms with E-state index in [1.165, 1.54) is 0 Å². The van der Waals surface area contributed by atoms with Gasteiger partial charge in [0.2, 0.25) is 0 Å². The lowest BCUT2D eigenvalue weighted by Gasteiger charge is -2.14. The number of benzene rings is 1. The van der Waals surface area contributed by atoms with Crippen LogP contribution in [0.15, 0.2) is 12.1 Å². The molecule has 0 aliphatic rings. The number of hydrogen-bond acceptors (Lipinski definition) is 4. The van der Waals surface area contributed by atoms with Crippen LogP contribution in [-0.4, -0.2) is 44.2 Å². The number of anilines is 1. The molecular weight excluding hydrogens is 292 g/mol. The molecule has 114 valence electrons. The minimum atomic E-state index is -0.836. The summed E-state index contributed by atoms with van der Waals surface area (Å²) in [4.78, 5) is 0. The van der Waals surface area contributed by atoms with Gasteiger partial charge in [-0.3, -0.25) is 0 Å². The van der Waals surface area contributed by atoms with Gasteiger partial charge in [0.15, 0.2) is 5.82 Å². The van der Waals surface area contributed by atoms with Gasteiger partial charge in [0, 0.05) is 19.2 Å². The van der Waals surface area contributed by atoms with Crippen LogP contribution in [0.3, 0.4) is 0 Å². The highest BCUT2D eigenvalue weighted by atomic mass is 35.5. The zero-order chi connectivity index (χ0) is 15.0. The molecular formula is C13H18ClF2NO3. The van der Waals surface area contributed by atoms with Crippen molar-refractivity contribution in [1.29, 1.82) is 0 Å². The van der Waals surface area contributed by atoms with Crippen molar-refractivity contribution < 1.29 is 23.4 Å². The number of aliphatic hydroxyl groups is 1. The van der Waals surface area contributed by atoms with Crippen molar-refractivity contribution in [3.8, 4) is 0 Å². The smallest absolute Gasteiger partial charge is 0.150 e. The van der Waals surface area contributed by atoms with Crippen molar-refractivity contribution >= 4 is 17.3 Å². The lowest BCUT2D eigenvalue weighted by atomic mass is 10.2. The number of aliphatic hydroxyl groups excluding tert-OH is 1. The van der Waals surface area contributed by atoms with Crippen molar-refractivity contribution in [1.82, 2.24) is 0 Å². The maximum atomic E-state index is 13.4. The molecule has 0 aliphatic carbocycles. The number of halogens is 3. The van der Waals surface area contributed by atoms with Gasteiger partial charge in [0.25, 0.3) is 0 Å². The van der Waals surface area contributed by atoms with Crippen LogP contribution in [0.5, 0.6) is 0 Å². The predicted octanol–water partition coefficient (Wildman–Crippen LogP) is 2.44. The summed E-state index contributed by atoms with van der Waals surface area (Å²) in [7, 11) is 0. The van der Waals surface area contributed by atoms with Crippen LogP contribution in [0.2, 0.25) is 5.02 Å². The topological polar surface area (TPSA) is 50.7 Å². The molecule has 0 saturated carbocycles. The zero-order valence-corrected chi connectivity index (χ0v) is 11.9. The van der Waals surface area contributed by atoms with Gasteiger partial charge >= 0.3 is 0 Å². The summed E-state index contributed by atoms with van der Waals surface area (Å²) in [5.41, 5.74) is -0.0403. The van der Waals surface area contributed by atoms with Crippen molar-refractivity contribution in [2.24, 2.45) is 0 Å². The van der Waals surface area contributed by atoms with E-state index in [-0.39, 0.29) is 23.9 Å². The van der Waals surface area contributed by atoms with Crippen molar-refractivity contribution in [2.75, 3.05) is 38.3 Å². The molecule has 0 saturated heterocycles. The van der Waals surface area contributed by atoms with Crippen LogP contribution in [0.25, 0.3) is 0 Å². The Bertz CT molecular complexity index is 398. The van der Waals surface area contributed by atoms with Gasteiger partial charge in [0.1, 0.15) is 5.82 Å². The van der Waals surface area contributed by atoms with E-state index in [9.17, 15) is 13.9 Å². The van der Waals surface area contributed by atoms with Gasteiger partial charge in [-0.1, -0.05) is 11.6 Å². The molecule has 0 spiro atoms. The van der Waals surface area contributed by atoms with Crippen LogP contribution >= 0.6 is 11.6 Å². The molecule has 1 atom stereocenters. The van der Waals surface area contributed by atoms with Crippen LogP contribution < -0.4 is 5.32 Å².